The summed E-state index contributed by atoms with van der Waals surface area (Å²) in [6.07, 6.45) is 0. The van der Waals surface area contributed by atoms with Gasteiger partial charge in [-0.1, -0.05) is 23.9 Å². The summed E-state index contributed by atoms with van der Waals surface area (Å²) >= 11 is 0.401. The van der Waals surface area contributed by atoms with E-state index < -0.39 is 21.7 Å². The summed E-state index contributed by atoms with van der Waals surface area (Å²) < 4.78 is 51.7. The van der Waals surface area contributed by atoms with Crippen LogP contribution >= 0.6 is 11.8 Å². The summed E-state index contributed by atoms with van der Waals surface area (Å²) in [6, 6.07) is 10.9. The number of hydrogen-bond donors (Lipinski definition) is 2. The predicted octanol–water partition coefficient (Wildman–Crippen LogP) is 3.33. The maximum atomic E-state index is 12.4. The molecule has 5 nitrogen and oxygen atoms in total. The van der Waals surface area contributed by atoms with Gasteiger partial charge in [-0.3, -0.25) is 4.79 Å². The Morgan fingerprint density at radius 2 is 1.74 bits per heavy atom. The summed E-state index contributed by atoms with van der Waals surface area (Å²) in [7, 11) is -3.67. The zero-order valence-corrected chi connectivity index (χ0v) is 16.5. The molecule has 2 N–H and O–H groups in total. The number of sulfonamides is 1. The van der Waals surface area contributed by atoms with E-state index in [0.29, 0.717) is 27.8 Å². The second-order valence-corrected chi connectivity index (χ2v) is 8.62. The van der Waals surface area contributed by atoms with Crippen molar-refractivity contribution in [1.29, 1.82) is 0 Å². The van der Waals surface area contributed by atoms with Gasteiger partial charge in [-0.15, -0.1) is 0 Å². The van der Waals surface area contributed by atoms with Crippen LogP contribution in [0, 0.1) is 13.8 Å². The number of halogens is 2. The van der Waals surface area contributed by atoms with E-state index in [1.807, 2.05) is 13.0 Å². The van der Waals surface area contributed by atoms with Crippen LogP contribution in [0.15, 0.2) is 52.3 Å². The van der Waals surface area contributed by atoms with Crippen LogP contribution in [0.3, 0.4) is 0 Å². The van der Waals surface area contributed by atoms with Gasteiger partial charge in [-0.2, -0.15) is 8.78 Å². The summed E-state index contributed by atoms with van der Waals surface area (Å²) in [4.78, 5) is 12.6. The smallest absolute Gasteiger partial charge is 0.288 e. The molecule has 0 aliphatic rings. The first-order valence-corrected chi connectivity index (χ1v) is 10.5. The van der Waals surface area contributed by atoms with Gasteiger partial charge in [0.05, 0.1) is 4.90 Å². The fraction of sp³-hybridized carbons (Fsp3) is 0.278. The molecule has 0 fully saturated rings. The summed E-state index contributed by atoms with van der Waals surface area (Å²) in [5.41, 5.74) is 1.78. The SMILES string of the molecule is Cc1ccc(C)c(S(=O)(=O)NCCNC(=O)c2ccc(SC(F)F)cc2)c1. The number of carbonyl (C=O) groups is 1. The zero-order valence-electron chi connectivity index (χ0n) is 14.8. The third-order valence-electron chi connectivity index (χ3n) is 3.68. The lowest BCUT2D eigenvalue weighted by molar-refractivity contribution is 0.0954. The lowest BCUT2D eigenvalue weighted by Crippen LogP contribution is -2.35. The van der Waals surface area contributed by atoms with Crippen molar-refractivity contribution < 1.29 is 22.0 Å². The highest BCUT2D eigenvalue weighted by atomic mass is 32.2. The van der Waals surface area contributed by atoms with Crippen molar-refractivity contribution in [2.75, 3.05) is 13.1 Å². The highest BCUT2D eigenvalue weighted by Gasteiger charge is 2.16. The standard InChI is InChI=1S/C18H20F2N2O3S2/c1-12-3-4-13(2)16(11-12)27(24,25)22-10-9-21-17(23)14-5-7-15(8-6-14)26-18(19)20/h3-8,11,18,22H,9-10H2,1-2H3,(H,21,23). The molecule has 0 aromatic heterocycles. The van der Waals surface area contributed by atoms with Crippen LogP contribution in [-0.4, -0.2) is 33.2 Å². The van der Waals surface area contributed by atoms with E-state index in [2.05, 4.69) is 10.0 Å². The fourth-order valence-electron chi connectivity index (χ4n) is 2.33. The van der Waals surface area contributed by atoms with Crippen LogP contribution in [0.4, 0.5) is 8.78 Å². The van der Waals surface area contributed by atoms with Crippen molar-refractivity contribution in [2.45, 2.75) is 29.4 Å². The predicted molar refractivity (Wildman–Crippen MR) is 102 cm³/mol. The van der Waals surface area contributed by atoms with Crippen molar-refractivity contribution in [3.63, 3.8) is 0 Å². The van der Waals surface area contributed by atoms with Gasteiger partial charge in [0.15, 0.2) is 0 Å². The van der Waals surface area contributed by atoms with Crippen molar-refractivity contribution in [3.05, 3.63) is 59.2 Å². The Bertz CT molecular complexity index is 901. The minimum Gasteiger partial charge on any atom is -0.351 e. The average molecular weight is 414 g/mol. The van der Waals surface area contributed by atoms with Crippen molar-refractivity contribution >= 4 is 27.7 Å². The lowest BCUT2D eigenvalue weighted by Gasteiger charge is -2.11. The Hall–Kier alpha value is -1.97. The van der Waals surface area contributed by atoms with Crippen LogP contribution in [0.1, 0.15) is 21.5 Å². The van der Waals surface area contributed by atoms with Crippen molar-refractivity contribution in [1.82, 2.24) is 10.0 Å². The molecule has 9 heteroatoms. The second-order valence-electron chi connectivity index (χ2n) is 5.83. The van der Waals surface area contributed by atoms with Crippen LogP contribution < -0.4 is 10.0 Å². The lowest BCUT2D eigenvalue weighted by atomic mass is 10.2. The van der Waals surface area contributed by atoms with E-state index in [1.54, 1.807) is 19.1 Å². The van der Waals surface area contributed by atoms with Gasteiger partial charge in [-0.05, 0) is 55.3 Å². The first kappa shape index (κ1) is 21.3. The van der Waals surface area contributed by atoms with Gasteiger partial charge in [0.2, 0.25) is 10.0 Å². The maximum absolute atomic E-state index is 12.4. The van der Waals surface area contributed by atoms with E-state index in [9.17, 15) is 22.0 Å². The average Bonchev–Trinajstić information content (AvgIpc) is 2.60. The van der Waals surface area contributed by atoms with Crippen molar-refractivity contribution in [3.8, 4) is 0 Å². The van der Waals surface area contributed by atoms with Crippen LogP contribution in [0.5, 0.6) is 0 Å². The van der Waals surface area contributed by atoms with Gasteiger partial charge in [0.25, 0.3) is 11.7 Å². The Morgan fingerprint density at radius 1 is 1.07 bits per heavy atom. The molecule has 1 amide bonds. The van der Waals surface area contributed by atoms with Gasteiger partial charge in [0.1, 0.15) is 0 Å². The highest BCUT2D eigenvalue weighted by molar-refractivity contribution is 7.99. The molecule has 2 aromatic carbocycles. The Kier molecular flexibility index (Phi) is 7.34. The molecule has 0 atom stereocenters. The minimum atomic E-state index is -3.67. The van der Waals surface area contributed by atoms with Gasteiger partial charge >= 0.3 is 0 Å². The van der Waals surface area contributed by atoms with Gasteiger partial charge < -0.3 is 5.32 Å². The molecule has 0 saturated carbocycles. The van der Waals surface area contributed by atoms with E-state index in [0.717, 1.165) is 5.56 Å². The van der Waals surface area contributed by atoms with E-state index in [1.165, 1.54) is 24.3 Å². The summed E-state index contributed by atoms with van der Waals surface area (Å²) in [5.74, 6) is -2.93. The second kappa shape index (κ2) is 9.29. The molecule has 27 heavy (non-hydrogen) atoms. The largest absolute Gasteiger partial charge is 0.351 e. The number of hydrogen-bond acceptors (Lipinski definition) is 4. The quantitative estimate of drug-likeness (QED) is 0.513. The Labute approximate surface area is 161 Å². The molecule has 0 radical (unpaired) electrons. The monoisotopic (exact) mass is 414 g/mol. The minimum absolute atomic E-state index is 0.0285. The maximum Gasteiger partial charge on any atom is 0.288 e. The third-order valence-corrected chi connectivity index (χ3v) is 6.00. The van der Waals surface area contributed by atoms with Crippen LogP contribution in [-0.2, 0) is 10.0 Å². The molecule has 0 unspecified atom stereocenters. The first-order valence-electron chi connectivity index (χ1n) is 8.09. The van der Waals surface area contributed by atoms with Crippen LogP contribution in [0.25, 0.3) is 0 Å². The number of benzene rings is 2. The van der Waals surface area contributed by atoms with Gasteiger partial charge in [-0.25, -0.2) is 13.1 Å². The fourth-order valence-corrected chi connectivity index (χ4v) is 4.18. The summed E-state index contributed by atoms with van der Waals surface area (Å²) in [5, 5.41) is 2.59. The van der Waals surface area contributed by atoms with E-state index in [4.69, 9.17) is 0 Å². The molecule has 0 spiro atoms. The number of nitrogens with one attached hydrogen (secondary N) is 2. The molecule has 0 saturated heterocycles. The molecule has 0 bridgehead atoms. The molecule has 0 aliphatic carbocycles. The highest BCUT2D eigenvalue weighted by Crippen LogP contribution is 2.25. The molecule has 0 heterocycles. The molecule has 2 rings (SSSR count). The molecular formula is C18H20F2N2O3S2. The molecule has 2 aromatic rings. The number of amides is 1. The number of rotatable bonds is 8. The molecular weight excluding hydrogens is 394 g/mol. The number of alkyl halides is 2. The normalized spacial score (nSPS) is 11.6. The van der Waals surface area contributed by atoms with Gasteiger partial charge in [0, 0.05) is 23.5 Å². The number of aryl methyl sites for hydroxylation is 2. The summed E-state index contributed by atoms with van der Waals surface area (Å²) in [6.45, 7) is 3.65. The van der Waals surface area contributed by atoms with E-state index in [-0.39, 0.29) is 18.0 Å². The Balaban J connectivity index is 1.87. The first-order chi connectivity index (χ1) is 12.7. The zero-order chi connectivity index (χ0) is 20.0. The number of thioether (sulfide) groups is 1. The third kappa shape index (κ3) is 6.30. The Morgan fingerprint density at radius 3 is 2.37 bits per heavy atom. The molecule has 0 aliphatic heterocycles. The van der Waals surface area contributed by atoms with Crippen molar-refractivity contribution in [2.24, 2.45) is 0 Å². The topological polar surface area (TPSA) is 75.3 Å². The van der Waals surface area contributed by atoms with E-state index >= 15 is 0 Å². The van der Waals surface area contributed by atoms with Crippen LogP contribution in [0.2, 0.25) is 0 Å². The molecule has 146 valence electrons. The number of carbonyl (C=O) groups excluding carboxylic acids is 1.